The SMILES string of the molecule is CSC1=NCC(OCC2CC2)(C(F)(F)F)c2cc(Cl)ccc2N1. The van der Waals surface area contributed by atoms with Gasteiger partial charge in [-0.15, -0.1) is 0 Å². The third kappa shape index (κ3) is 3.32. The van der Waals surface area contributed by atoms with Crippen molar-refractivity contribution in [3.63, 3.8) is 0 Å². The molecule has 0 aromatic heterocycles. The van der Waals surface area contributed by atoms with E-state index in [1.807, 2.05) is 0 Å². The molecule has 3 nitrogen and oxygen atoms in total. The van der Waals surface area contributed by atoms with Gasteiger partial charge in [-0.2, -0.15) is 13.2 Å². The first-order chi connectivity index (χ1) is 10.9. The van der Waals surface area contributed by atoms with Gasteiger partial charge >= 0.3 is 6.18 Å². The highest BCUT2D eigenvalue weighted by atomic mass is 35.5. The Hall–Kier alpha value is -0.920. The predicted molar refractivity (Wildman–Crippen MR) is 87.3 cm³/mol. The molecule has 0 bridgehead atoms. The minimum absolute atomic E-state index is 0.00838. The number of ether oxygens (including phenoxy) is 1. The number of nitrogens with one attached hydrogen (secondary N) is 1. The van der Waals surface area contributed by atoms with Crippen LogP contribution in [0.4, 0.5) is 18.9 Å². The van der Waals surface area contributed by atoms with Crippen LogP contribution in [0.1, 0.15) is 18.4 Å². The van der Waals surface area contributed by atoms with Gasteiger partial charge in [0.1, 0.15) is 0 Å². The minimum atomic E-state index is -4.60. The smallest absolute Gasteiger partial charge is 0.359 e. The lowest BCUT2D eigenvalue weighted by Gasteiger charge is -2.35. The summed E-state index contributed by atoms with van der Waals surface area (Å²) in [6.07, 6.45) is -1.02. The molecule has 126 valence electrons. The zero-order chi connectivity index (χ0) is 16.7. The van der Waals surface area contributed by atoms with Crippen molar-refractivity contribution in [3.05, 3.63) is 28.8 Å². The van der Waals surface area contributed by atoms with Crippen molar-refractivity contribution in [1.82, 2.24) is 0 Å². The highest BCUT2D eigenvalue weighted by Gasteiger charge is 2.59. The van der Waals surface area contributed by atoms with Crippen LogP contribution in [0.2, 0.25) is 5.02 Å². The molecule has 1 heterocycles. The Morgan fingerprint density at radius 1 is 1.43 bits per heavy atom. The molecule has 1 fully saturated rings. The van der Waals surface area contributed by atoms with Crippen LogP contribution in [0, 0.1) is 5.92 Å². The summed E-state index contributed by atoms with van der Waals surface area (Å²) in [6, 6.07) is 4.41. The summed E-state index contributed by atoms with van der Waals surface area (Å²) < 4.78 is 47.5. The van der Waals surface area contributed by atoms with E-state index in [9.17, 15) is 13.2 Å². The number of rotatable bonds is 3. The number of anilines is 1. The van der Waals surface area contributed by atoms with Gasteiger partial charge in [-0.05, 0) is 43.2 Å². The van der Waals surface area contributed by atoms with Crippen molar-refractivity contribution >= 4 is 34.2 Å². The third-order valence-corrected chi connectivity index (χ3v) is 4.87. The molecule has 0 spiro atoms. The Kier molecular flexibility index (Phi) is 4.55. The molecule has 1 aliphatic heterocycles. The van der Waals surface area contributed by atoms with Gasteiger partial charge in [0.2, 0.25) is 5.60 Å². The number of hydrogen-bond donors (Lipinski definition) is 1. The first-order valence-electron chi connectivity index (χ1n) is 7.22. The monoisotopic (exact) mass is 364 g/mol. The number of thioether (sulfide) groups is 1. The highest BCUT2D eigenvalue weighted by molar-refractivity contribution is 8.13. The molecular weight excluding hydrogens is 349 g/mol. The quantitative estimate of drug-likeness (QED) is 0.846. The summed E-state index contributed by atoms with van der Waals surface area (Å²) in [5, 5.41) is 3.60. The van der Waals surface area contributed by atoms with Crippen LogP contribution in [-0.2, 0) is 10.3 Å². The molecule has 8 heteroatoms. The van der Waals surface area contributed by atoms with Crippen molar-refractivity contribution in [2.45, 2.75) is 24.6 Å². The van der Waals surface area contributed by atoms with Gasteiger partial charge < -0.3 is 10.1 Å². The lowest BCUT2D eigenvalue weighted by atomic mass is 9.91. The molecular formula is C15H16ClF3N2OS. The fourth-order valence-electron chi connectivity index (χ4n) is 2.49. The van der Waals surface area contributed by atoms with Crippen LogP contribution in [0.3, 0.4) is 0 Å². The third-order valence-electron chi connectivity index (χ3n) is 4.02. The number of nitrogens with zero attached hydrogens (tertiary/aromatic N) is 1. The Morgan fingerprint density at radius 3 is 2.78 bits per heavy atom. The number of benzene rings is 1. The van der Waals surface area contributed by atoms with Gasteiger partial charge in [-0.25, -0.2) is 0 Å². The van der Waals surface area contributed by atoms with Crippen molar-refractivity contribution in [2.24, 2.45) is 10.9 Å². The van der Waals surface area contributed by atoms with E-state index in [-0.39, 0.29) is 23.1 Å². The van der Waals surface area contributed by atoms with Gasteiger partial charge in [-0.1, -0.05) is 23.4 Å². The number of amidine groups is 1. The molecule has 1 N–H and O–H groups in total. The maximum Gasteiger partial charge on any atom is 0.423 e. The summed E-state index contributed by atoms with van der Waals surface area (Å²) >= 11 is 7.22. The van der Waals surface area contributed by atoms with E-state index in [0.717, 1.165) is 12.8 Å². The molecule has 3 rings (SSSR count). The lowest BCUT2D eigenvalue weighted by molar-refractivity contribution is -0.281. The Balaban J connectivity index is 2.11. The molecule has 0 radical (unpaired) electrons. The van der Waals surface area contributed by atoms with E-state index >= 15 is 0 Å². The maximum atomic E-state index is 14.0. The summed E-state index contributed by atoms with van der Waals surface area (Å²) in [5.74, 6) is 0.206. The lowest BCUT2D eigenvalue weighted by Crippen LogP contribution is -2.48. The summed E-state index contributed by atoms with van der Waals surface area (Å²) in [5.41, 5.74) is -2.15. The first-order valence-corrected chi connectivity index (χ1v) is 8.82. The second-order valence-corrected chi connectivity index (χ2v) is 6.95. The van der Waals surface area contributed by atoms with Crippen LogP contribution < -0.4 is 5.32 Å². The Morgan fingerprint density at radius 2 is 2.17 bits per heavy atom. The van der Waals surface area contributed by atoms with E-state index in [1.54, 1.807) is 12.3 Å². The van der Waals surface area contributed by atoms with Crippen LogP contribution in [0.5, 0.6) is 0 Å². The number of alkyl halides is 3. The number of fused-ring (bicyclic) bond motifs is 1. The highest BCUT2D eigenvalue weighted by Crippen LogP contribution is 2.48. The van der Waals surface area contributed by atoms with E-state index < -0.39 is 18.3 Å². The molecule has 1 aromatic carbocycles. The molecule has 0 saturated heterocycles. The first kappa shape index (κ1) is 16.9. The van der Waals surface area contributed by atoms with Crippen molar-refractivity contribution < 1.29 is 17.9 Å². The Labute approximate surface area is 141 Å². The van der Waals surface area contributed by atoms with E-state index in [0.29, 0.717) is 10.9 Å². The average molecular weight is 365 g/mol. The van der Waals surface area contributed by atoms with Crippen molar-refractivity contribution in [3.8, 4) is 0 Å². The fourth-order valence-corrected chi connectivity index (χ4v) is 3.07. The van der Waals surface area contributed by atoms with Gasteiger partial charge in [0.15, 0.2) is 5.17 Å². The van der Waals surface area contributed by atoms with Crippen LogP contribution in [0.15, 0.2) is 23.2 Å². The average Bonchev–Trinajstić information content (AvgIpc) is 3.30. The zero-order valence-corrected chi connectivity index (χ0v) is 14.0. The molecule has 23 heavy (non-hydrogen) atoms. The number of aliphatic imine (C=N–C) groups is 1. The predicted octanol–water partition coefficient (Wildman–Crippen LogP) is 4.67. The van der Waals surface area contributed by atoms with Gasteiger partial charge in [0.05, 0.1) is 13.2 Å². The topological polar surface area (TPSA) is 33.6 Å². The van der Waals surface area contributed by atoms with Gasteiger partial charge in [0, 0.05) is 16.3 Å². The van der Waals surface area contributed by atoms with E-state index in [1.165, 1.54) is 23.9 Å². The van der Waals surface area contributed by atoms with E-state index in [2.05, 4.69) is 10.3 Å². The summed E-state index contributed by atoms with van der Waals surface area (Å²) in [7, 11) is 0. The maximum absolute atomic E-state index is 14.0. The fraction of sp³-hybridized carbons (Fsp3) is 0.533. The summed E-state index contributed by atoms with van der Waals surface area (Å²) in [6.45, 7) is -0.435. The normalized spacial score (nSPS) is 24.5. The minimum Gasteiger partial charge on any atom is -0.359 e. The van der Waals surface area contributed by atoms with Crippen LogP contribution in [0.25, 0.3) is 0 Å². The number of hydrogen-bond acceptors (Lipinski definition) is 4. The summed E-state index contributed by atoms with van der Waals surface area (Å²) in [4.78, 5) is 4.08. The zero-order valence-electron chi connectivity index (χ0n) is 12.4. The number of halogens is 4. The molecule has 1 saturated carbocycles. The van der Waals surface area contributed by atoms with Gasteiger partial charge in [0.25, 0.3) is 0 Å². The van der Waals surface area contributed by atoms with Crippen LogP contribution in [-0.4, -0.2) is 30.8 Å². The molecule has 0 amide bonds. The molecule has 1 atom stereocenters. The standard InChI is InChI=1S/C15H16ClF3N2OS/c1-23-13-20-8-14(15(17,18)19,22-7-9-2-3-9)11-6-10(16)4-5-12(11)21-13/h4-6,9H,2-3,7-8H2,1H3,(H,20,21). The van der Waals surface area contributed by atoms with Gasteiger partial charge in [-0.3, -0.25) is 4.99 Å². The van der Waals surface area contributed by atoms with Crippen molar-refractivity contribution in [1.29, 1.82) is 0 Å². The van der Waals surface area contributed by atoms with E-state index in [4.69, 9.17) is 16.3 Å². The molecule has 1 unspecified atom stereocenters. The largest absolute Gasteiger partial charge is 0.423 e. The van der Waals surface area contributed by atoms with Crippen LogP contribution >= 0.6 is 23.4 Å². The van der Waals surface area contributed by atoms with Crippen molar-refractivity contribution in [2.75, 3.05) is 24.7 Å². The second-order valence-electron chi connectivity index (χ2n) is 5.72. The Bertz CT molecular complexity index is 634. The molecule has 1 aromatic rings. The molecule has 2 aliphatic rings. The second kappa shape index (κ2) is 6.18. The molecule has 1 aliphatic carbocycles.